The number of rotatable bonds is 6. The van der Waals surface area contributed by atoms with Crippen LogP contribution in [0.4, 0.5) is 0 Å². The average molecular weight is 186 g/mol. The van der Waals surface area contributed by atoms with Gasteiger partial charge in [0.25, 0.3) is 0 Å². The van der Waals surface area contributed by atoms with Crippen LogP contribution in [0.15, 0.2) is 0 Å². The molecule has 0 saturated carbocycles. The Hall–Kier alpha value is -0.0800. The van der Waals surface area contributed by atoms with Crippen LogP contribution in [0.2, 0.25) is 0 Å². The highest BCUT2D eigenvalue weighted by Gasteiger charge is 2.21. The molecule has 0 radical (unpaired) electrons. The summed E-state index contributed by atoms with van der Waals surface area (Å²) < 4.78 is 0. The highest BCUT2D eigenvalue weighted by atomic mass is 15.2. The van der Waals surface area contributed by atoms with Crippen LogP contribution in [0.3, 0.4) is 0 Å². The number of hydrogen-bond donors (Lipinski definition) is 1. The predicted octanol–water partition coefficient (Wildman–Crippen LogP) is 1.96. The van der Waals surface area contributed by atoms with Gasteiger partial charge in [0, 0.05) is 12.1 Å². The van der Waals surface area contributed by atoms with E-state index in [4.69, 9.17) is 0 Å². The maximum atomic E-state index is 3.22. The summed E-state index contributed by atoms with van der Waals surface area (Å²) in [5, 5.41) is 3.22. The Labute approximate surface area is 83.7 Å². The maximum Gasteiger partial charge on any atom is 0.0147 e. The lowest BCUT2D eigenvalue weighted by atomic mass is 9.98. The molecular weight excluding hydrogens is 160 g/mol. The van der Waals surface area contributed by atoms with Crippen LogP contribution in [-0.4, -0.2) is 37.6 Å². The Balaban J connectivity index is 3.91. The standard InChI is InChI=1S/C11H26N2/c1-7-11(3,4)13(6)9-10(2)8-12-5/h10,12H,7-9H2,1-6H3. The zero-order valence-electron chi connectivity index (χ0n) is 10.1. The highest BCUT2D eigenvalue weighted by molar-refractivity contribution is 4.78. The first-order chi connectivity index (χ1) is 5.94. The predicted molar refractivity (Wildman–Crippen MR) is 60.1 cm³/mol. The molecule has 0 amide bonds. The summed E-state index contributed by atoms with van der Waals surface area (Å²) >= 11 is 0. The first-order valence-corrected chi connectivity index (χ1v) is 5.30. The minimum atomic E-state index is 0.335. The Morgan fingerprint density at radius 1 is 1.38 bits per heavy atom. The lowest BCUT2D eigenvalue weighted by Gasteiger charge is -2.36. The molecule has 0 aromatic carbocycles. The zero-order valence-corrected chi connectivity index (χ0v) is 10.1. The number of hydrogen-bond acceptors (Lipinski definition) is 2. The minimum Gasteiger partial charge on any atom is -0.319 e. The van der Waals surface area contributed by atoms with E-state index in [0.29, 0.717) is 5.54 Å². The summed E-state index contributed by atoms with van der Waals surface area (Å²) in [6.45, 7) is 11.4. The molecule has 0 aromatic heterocycles. The zero-order chi connectivity index (χ0) is 10.5. The Bertz CT molecular complexity index is 132. The molecule has 0 spiro atoms. The van der Waals surface area contributed by atoms with Crippen LogP contribution < -0.4 is 5.32 Å². The molecule has 0 saturated heterocycles. The maximum absolute atomic E-state index is 3.22. The van der Waals surface area contributed by atoms with Crippen molar-refractivity contribution in [3.8, 4) is 0 Å². The van der Waals surface area contributed by atoms with E-state index in [9.17, 15) is 0 Å². The molecule has 13 heavy (non-hydrogen) atoms. The molecule has 1 unspecified atom stereocenters. The Morgan fingerprint density at radius 3 is 2.31 bits per heavy atom. The fraction of sp³-hybridized carbons (Fsp3) is 1.00. The van der Waals surface area contributed by atoms with Gasteiger partial charge in [0.05, 0.1) is 0 Å². The van der Waals surface area contributed by atoms with Crippen LogP contribution >= 0.6 is 0 Å². The first kappa shape index (κ1) is 12.9. The summed E-state index contributed by atoms with van der Waals surface area (Å²) in [6, 6.07) is 0. The molecular formula is C11H26N2. The van der Waals surface area contributed by atoms with Crippen LogP contribution in [0.25, 0.3) is 0 Å². The highest BCUT2D eigenvalue weighted by Crippen LogP contribution is 2.17. The van der Waals surface area contributed by atoms with Crippen molar-refractivity contribution in [1.29, 1.82) is 0 Å². The van der Waals surface area contributed by atoms with Crippen LogP contribution in [0.5, 0.6) is 0 Å². The molecule has 0 aliphatic carbocycles. The Kier molecular flexibility index (Phi) is 5.57. The summed E-state index contributed by atoms with van der Waals surface area (Å²) in [4.78, 5) is 2.45. The van der Waals surface area contributed by atoms with Crippen LogP contribution in [-0.2, 0) is 0 Å². The lowest BCUT2D eigenvalue weighted by molar-refractivity contribution is 0.131. The number of nitrogens with zero attached hydrogens (tertiary/aromatic N) is 1. The molecule has 80 valence electrons. The molecule has 0 aliphatic rings. The van der Waals surface area contributed by atoms with Crippen molar-refractivity contribution in [2.45, 2.75) is 39.7 Å². The van der Waals surface area contributed by atoms with E-state index in [-0.39, 0.29) is 0 Å². The van der Waals surface area contributed by atoms with Crippen molar-refractivity contribution in [2.75, 3.05) is 27.2 Å². The van der Waals surface area contributed by atoms with Gasteiger partial charge in [-0.2, -0.15) is 0 Å². The molecule has 0 bridgehead atoms. The fourth-order valence-electron chi connectivity index (χ4n) is 1.40. The second kappa shape index (κ2) is 5.61. The van der Waals surface area contributed by atoms with Gasteiger partial charge in [-0.1, -0.05) is 13.8 Å². The van der Waals surface area contributed by atoms with Gasteiger partial charge in [-0.25, -0.2) is 0 Å². The molecule has 0 rings (SSSR count). The van der Waals surface area contributed by atoms with E-state index in [1.165, 1.54) is 13.0 Å². The summed E-state index contributed by atoms with van der Waals surface area (Å²) in [7, 11) is 4.23. The smallest absolute Gasteiger partial charge is 0.0147 e. The second-order valence-electron chi connectivity index (χ2n) is 4.71. The monoisotopic (exact) mass is 186 g/mol. The normalized spacial score (nSPS) is 15.0. The van der Waals surface area contributed by atoms with E-state index in [0.717, 1.165) is 12.5 Å². The minimum absolute atomic E-state index is 0.335. The van der Waals surface area contributed by atoms with E-state index >= 15 is 0 Å². The van der Waals surface area contributed by atoms with Gasteiger partial charge in [0.2, 0.25) is 0 Å². The number of nitrogens with one attached hydrogen (secondary N) is 1. The molecule has 0 aliphatic heterocycles. The third kappa shape index (κ3) is 4.63. The van der Waals surface area contributed by atoms with Crippen LogP contribution in [0.1, 0.15) is 34.1 Å². The topological polar surface area (TPSA) is 15.3 Å². The second-order valence-corrected chi connectivity index (χ2v) is 4.71. The molecule has 1 N–H and O–H groups in total. The van der Waals surface area contributed by atoms with E-state index in [1.54, 1.807) is 0 Å². The molecule has 2 nitrogen and oxygen atoms in total. The van der Waals surface area contributed by atoms with Gasteiger partial charge in [-0.3, -0.25) is 0 Å². The molecule has 0 fully saturated rings. The van der Waals surface area contributed by atoms with Crippen molar-refractivity contribution in [3.63, 3.8) is 0 Å². The third-order valence-corrected chi connectivity index (χ3v) is 3.04. The van der Waals surface area contributed by atoms with Gasteiger partial charge in [0.15, 0.2) is 0 Å². The fourth-order valence-corrected chi connectivity index (χ4v) is 1.40. The largest absolute Gasteiger partial charge is 0.319 e. The van der Waals surface area contributed by atoms with Gasteiger partial charge in [0.1, 0.15) is 0 Å². The van der Waals surface area contributed by atoms with E-state index in [2.05, 4.69) is 45.0 Å². The van der Waals surface area contributed by atoms with E-state index < -0.39 is 0 Å². The Morgan fingerprint density at radius 2 is 1.92 bits per heavy atom. The third-order valence-electron chi connectivity index (χ3n) is 3.04. The molecule has 1 atom stereocenters. The van der Waals surface area contributed by atoms with Crippen molar-refractivity contribution < 1.29 is 0 Å². The summed E-state index contributed by atoms with van der Waals surface area (Å²) in [5.74, 6) is 0.723. The van der Waals surface area contributed by atoms with Gasteiger partial charge >= 0.3 is 0 Å². The van der Waals surface area contributed by atoms with Crippen molar-refractivity contribution >= 4 is 0 Å². The first-order valence-electron chi connectivity index (χ1n) is 5.30. The van der Waals surface area contributed by atoms with E-state index in [1.807, 2.05) is 7.05 Å². The van der Waals surface area contributed by atoms with Crippen LogP contribution in [0, 0.1) is 5.92 Å². The summed E-state index contributed by atoms with van der Waals surface area (Å²) in [6.07, 6.45) is 1.20. The van der Waals surface area contributed by atoms with Crippen molar-refractivity contribution in [2.24, 2.45) is 5.92 Å². The molecule has 0 aromatic rings. The quantitative estimate of drug-likeness (QED) is 0.682. The van der Waals surface area contributed by atoms with Crippen molar-refractivity contribution in [1.82, 2.24) is 10.2 Å². The molecule has 0 heterocycles. The average Bonchev–Trinajstić information content (AvgIpc) is 2.04. The van der Waals surface area contributed by atoms with Gasteiger partial charge in [-0.05, 0) is 46.8 Å². The summed E-state index contributed by atoms with van der Waals surface area (Å²) in [5.41, 5.74) is 0.335. The van der Waals surface area contributed by atoms with Gasteiger partial charge in [-0.15, -0.1) is 0 Å². The van der Waals surface area contributed by atoms with Gasteiger partial charge < -0.3 is 10.2 Å². The van der Waals surface area contributed by atoms with Crippen molar-refractivity contribution in [3.05, 3.63) is 0 Å². The lowest BCUT2D eigenvalue weighted by Crippen LogP contribution is -2.43. The molecule has 2 heteroatoms. The SMILES string of the molecule is CCC(C)(C)N(C)CC(C)CNC.